The van der Waals surface area contributed by atoms with Crippen LogP contribution < -0.4 is 22.1 Å². The molecule has 2 atom stereocenters. The summed E-state index contributed by atoms with van der Waals surface area (Å²) in [7, 11) is 0. The third-order valence-electron chi connectivity index (χ3n) is 5.76. The first-order chi connectivity index (χ1) is 18.6. The molecule has 2 unspecified atom stereocenters. The molecule has 1 aliphatic rings. The quantitative estimate of drug-likeness (QED) is 0.170. The van der Waals surface area contributed by atoms with Crippen LogP contribution in [0.1, 0.15) is 64.7 Å². The Kier molecular flexibility index (Phi) is 18.8. The van der Waals surface area contributed by atoms with Crippen molar-refractivity contribution >= 4 is 29.5 Å². The predicted molar refractivity (Wildman–Crippen MR) is 149 cm³/mol. The Morgan fingerprint density at radius 3 is 1.46 bits per heavy atom. The molecular formula is C28H42N6O5. The van der Waals surface area contributed by atoms with Crippen LogP contribution in [0, 0.1) is 37.0 Å². The Labute approximate surface area is 232 Å². The second-order valence-corrected chi connectivity index (χ2v) is 8.93. The van der Waals surface area contributed by atoms with E-state index in [0.29, 0.717) is 52.0 Å². The number of piperazine rings is 1. The number of nitrogens with zero attached hydrogens (tertiary/aromatic N) is 2. The fraction of sp³-hybridized carbons (Fsp3) is 0.607. The van der Waals surface area contributed by atoms with E-state index in [4.69, 9.17) is 18.6 Å². The molecule has 39 heavy (non-hydrogen) atoms. The number of terminal acetylenes is 3. The number of unbranched alkanes of at least 4 members (excludes halogenated alkanes) is 2. The van der Waals surface area contributed by atoms with E-state index in [1.54, 1.807) is 9.80 Å². The number of nitrogens with one attached hydrogen (secondary N) is 2. The number of nitrogens with two attached hydrogens (primary N) is 2. The maximum absolute atomic E-state index is 13.1. The summed E-state index contributed by atoms with van der Waals surface area (Å²) >= 11 is 0. The first-order valence-corrected chi connectivity index (χ1v) is 13.1. The molecule has 0 bridgehead atoms. The molecule has 0 aliphatic carbocycles. The zero-order chi connectivity index (χ0) is 29.6. The Hall–Kier alpha value is -4.01. The van der Waals surface area contributed by atoms with Crippen LogP contribution in [0.15, 0.2) is 0 Å². The average Bonchev–Trinajstić information content (AvgIpc) is 2.90. The lowest BCUT2D eigenvalue weighted by atomic mass is 10.1. The maximum Gasteiger partial charge on any atom is 0.245 e. The number of primary amides is 1. The van der Waals surface area contributed by atoms with E-state index in [0.717, 1.165) is 19.3 Å². The second-order valence-electron chi connectivity index (χ2n) is 8.93. The monoisotopic (exact) mass is 542 g/mol. The largest absolute Gasteiger partial charge is 0.369 e. The van der Waals surface area contributed by atoms with Gasteiger partial charge >= 0.3 is 0 Å². The van der Waals surface area contributed by atoms with Crippen molar-refractivity contribution in [1.29, 1.82) is 0 Å². The summed E-state index contributed by atoms with van der Waals surface area (Å²) in [5, 5.41) is 5.46. The Morgan fingerprint density at radius 2 is 1.15 bits per heavy atom. The average molecular weight is 543 g/mol. The molecule has 0 spiro atoms. The molecule has 0 aromatic heterocycles. The highest BCUT2D eigenvalue weighted by atomic mass is 16.2. The second kappa shape index (κ2) is 21.0. The van der Waals surface area contributed by atoms with Crippen molar-refractivity contribution in [3.8, 4) is 37.0 Å². The standard InChI is InChI=1S/C24H37N5O4.C4H5NO/c1-4-7-12-19(26-21(30)10-5-2)23(32)28-15-17-29(18-16-28)24(33)20(13-8-9-14-25)27-22(31)11-6-3;1-2-3-4(5)6/h2-3,19-20H,4,7-18,25H2,1H3,(H,26,30)(H,27,31);1H,3H2,(H2,5,6). The van der Waals surface area contributed by atoms with Crippen LogP contribution in [0.4, 0.5) is 0 Å². The molecule has 1 aliphatic heterocycles. The SMILES string of the molecule is C#CCC(=O)NC(CCCC)C(=O)N1CCN(C(=O)C(CCCCN)NC(=O)CC#C)CC1.C#CCC(N)=O. The van der Waals surface area contributed by atoms with Gasteiger partial charge < -0.3 is 31.9 Å². The zero-order valence-corrected chi connectivity index (χ0v) is 22.9. The summed E-state index contributed by atoms with van der Waals surface area (Å²) in [5.74, 6) is 5.16. The predicted octanol–water partition coefficient (Wildman–Crippen LogP) is -0.512. The van der Waals surface area contributed by atoms with Gasteiger partial charge in [0, 0.05) is 26.2 Å². The van der Waals surface area contributed by atoms with E-state index in [2.05, 4.69) is 40.6 Å². The number of amides is 5. The third-order valence-corrected chi connectivity index (χ3v) is 5.76. The topological polar surface area (TPSA) is 168 Å². The number of carbonyl (C=O) groups is 5. The van der Waals surface area contributed by atoms with Gasteiger partial charge in [-0.05, 0) is 32.2 Å². The van der Waals surface area contributed by atoms with Gasteiger partial charge in [0.1, 0.15) is 12.1 Å². The lowest BCUT2D eigenvalue weighted by molar-refractivity contribution is -0.143. The molecule has 0 aromatic carbocycles. The third kappa shape index (κ3) is 15.1. The minimum Gasteiger partial charge on any atom is -0.369 e. The van der Waals surface area contributed by atoms with Crippen molar-refractivity contribution in [3.05, 3.63) is 0 Å². The summed E-state index contributed by atoms with van der Waals surface area (Å²) in [6.45, 7) is 3.93. The van der Waals surface area contributed by atoms with Crippen molar-refractivity contribution in [2.45, 2.75) is 76.8 Å². The molecule has 1 fully saturated rings. The first kappa shape index (κ1) is 35.0. The van der Waals surface area contributed by atoms with Gasteiger partial charge in [0.15, 0.2) is 0 Å². The van der Waals surface area contributed by atoms with Gasteiger partial charge in [0.2, 0.25) is 29.5 Å². The fourth-order valence-corrected chi connectivity index (χ4v) is 3.78. The summed E-state index contributed by atoms with van der Waals surface area (Å²) in [5.41, 5.74) is 10.2. The lowest BCUT2D eigenvalue weighted by Crippen LogP contribution is -2.58. The first-order valence-electron chi connectivity index (χ1n) is 13.1. The van der Waals surface area contributed by atoms with E-state index >= 15 is 0 Å². The summed E-state index contributed by atoms with van der Waals surface area (Å²) in [6.07, 6.45) is 19.1. The van der Waals surface area contributed by atoms with E-state index in [1.807, 2.05) is 6.92 Å². The smallest absolute Gasteiger partial charge is 0.245 e. The van der Waals surface area contributed by atoms with Crippen LogP contribution >= 0.6 is 0 Å². The minimum atomic E-state index is -0.667. The van der Waals surface area contributed by atoms with Gasteiger partial charge in [-0.1, -0.05) is 37.5 Å². The summed E-state index contributed by atoms with van der Waals surface area (Å²) in [4.78, 5) is 63.0. The number of hydrogen-bond donors (Lipinski definition) is 4. The van der Waals surface area contributed by atoms with Crippen LogP contribution in [0.5, 0.6) is 0 Å². The minimum absolute atomic E-state index is 0.0417. The van der Waals surface area contributed by atoms with E-state index < -0.39 is 18.0 Å². The van der Waals surface area contributed by atoms with Gasteiger partial charge in [0.05, 0.1) is 19.3 Å². The Balaban J connectivity index is 0.00000215. The van der Waals surface area contributed by atoms with Crippen molar-refractivity contribution < 1.29 is 24.0 Å². The summed E-state index contributed by atoms with van der Waals surface area (Å²) < 4.78 is 0. The van der Waals surface area contributed by atoms with Crippen LogP contribution in [-0.4, -0.2) is 84.1 Å². The van der Waals surface area contributed by atoms with Crippen molar-refractivity contribution in [2.24, 2.45) is 11.5 Å². The molecular weight excluding hydrogens is 500 g/mol. The Morgan fingerprint density at radius 1 is 0.744 bits per heavy atom. The molecule has 11 heteroatoms. The lowest BCUT2D eigenvalue weighted by Gasteiger charge is -2.38. The fourth-order valence-electron chi connectivity index (χ4n) is 3.78. The van der Waals surface area contributed by atoms with Gasteiger partial charge in [-0.25, -0.2) is 0 Å². The number of carbonyl (C=O) groups excluding carboxylic acids is 5. The molecule has 5 amide bonds. The normalized spacial score (nSPS) is 13.7. The van der Waals surface area contributed by atoms with Gasteiger partial charge in [-0.15, -0.1) is 19.3 Å². The molecule has 11 nitrogen and oxygen atoms in total. The van der Waals surface area contributed by atoms with Crippen molar-refractivity contribution in [3.63, 3.8) is 0 Å². The highest BCUT2D eigenvalue weighted by Crippen LogP contribution is 2.12. The molecule has 1 saturated heterocycles. The number of rotatable bonds is 14. The van der Waals surface area contributed by atoms with Gasteiger partial charge in [-0.3, -0.25) is 24.0 Å². The highest BCUT2D eigenvalue weighted by molar-refractivity contribution is 5.90. The van der Waals surface area contributed by atoms with Crippen molar-refractivity contribution in [2.75, 3.05) is 32.7 Å². The van der Waals surface area contributed by atoms with Gasteiger partial charge in [-0.2, -0.15) is 0 Å². The molecule has 0 saturated carbocycles. The molecule has 0 aromatic rings. The molecule has 1 rings (SSSR count). The molecule has 0 radical (unpaired) electrons. The van der Waals surface area contributed by atoms with Gasteiger partial charge in [0.25, 0.3) is 0 Å². The van der Waals surface area contributed by atoms with E-state index in [1.165, 1.54) is 0 Å². The molecule has 1 heterocycles. The van der Waals surface area contributed by atoms with Crippen LogP contribution in [0.25, 0.3) is 0 Å². The molecule has 6 N–H and O–H groups in total. The maximum atomic E-state index is 13.1. The Bertz CT molecular complexity index is 938. The van der Waals surface area contributed by atoms with Crippen LogP contribution in [0.3, 0.4) is 0 Å². The number of hydrogen-bond acceptors (Lipinski definition) is 6. The van der Waals surface area contributed by atoms with E-state index in [-0.39, 0.29) is 42.9 Å². The van der Waals surface area contributed by atoms with Crippen LogP contribution in [0.2, 0.25) is 0 Å². The van der Waals surface area contributed by atoms with E-state index in [9.17, 15) is 24.0 Å². The molecule has 214 valence electrons. The highest BCUT2D eigenvalue weighted by Gasteiger charge is 2.32. The summed E-state index contributed by atoms with van der Waals surface area (Å²) in [6, 6.07) is -1.29. The van der Waals surface area contributed by atoms with Crippen molar-refractivity contribution in [1.82, 2.24) is 20.4 Å². The van der Waals surface area contributed by atoms with Crippen LogP contribution in [-0.2, 0) is 24.0 Å². The zero-order valence-electron chi connectivity index (χ0n) is 22.9.